The van der Waals surface area contributed by atoms with Crippen LogP contribution in [-0.2, 0) is 19.1 Å². The first-order valence-electron chi connectivity index (χ1n) is 12.3. The second kappa shape index (κ2) is 10.7. The summed E-state index contributed by atoms with van der Waals surface area (Å²) >= 11 is 0. The molecular weight excluding hydrogens is 396 g/mol. The predicted octanol–water partition coefficient (Wildman–Crippen LogP) is 3.29. The van der Waals surface area contributed by atoms with Crippen molar-refractivity contribution in [2.45, 2.75) is 59.8 Å². The van der Waals surface area contributed by atoms with E-state index in [-0.39, 0.29) is 43.6 Å². The second-order valence-corrected chi connectivity index (χ2v) is 10.6. The lowest BCUT2D eigenvalue weighted by atomic mass is 9.76. The van der Waals surface area contributed by atoms with E-state index in [4.69, 9.17) is 19.7 Å². The van der Waals surface area contributed by atoms with Gasteiger partial charge in [-0.05, 0) is 73.0 Å². The van der Waals surface area contributed by atoms with Crippen LogP contribution in [0, 0.1) is 59.2 Å². The molecule has 0 aromatic carbocycles. The van der Waals surface area contributed by atoms with Crippen LogP contribution in [-0.4, -0.2) is 48.6 Å². The maximum absolute atomic E-state index is 11.9. The van der Waals surface area contributed by atoms with Crippen molar-refractivity contribution < 1.29 is 29.3 Å². The van der Waals surface area contributed by atoms with Crippen LogP contribution in [0.5, 0.6) is 0 Å². The van der Waals surface area contributed by atoms with Crippen molar-refractivity contribution in [2.75, 3.05) is 26.4 Å². The molecule has 4 aliphatic rings. The molecular formula is C25H42O6. The lowest BCUT2D eigenvalue weighted by molar-refractivity contribution is -0.153. The van der Waals surface area contributed by atoms with E-state index in [0.717, 1.165) is 36.5 Å². The van der Waals surface area contributed by atoms with Crippen LogP contribution in [0.3, 0.4) is 0 Å². The number of hydrogen-bond acceptors (Lipinski definition) is 6. The zero-order valence-corrected chi connectivity index (χ0v) is 19.7. The molecule has 178 valence electrons. The summed E-state index contributed by atoms with van der Waals surface area (Å²) in [6.45, 7) is 9.66. The second-order valence-electron chi connectivity index (χ2n) is 10.6. The Kier molecular flexibility index (Phi) is 8.42. The Labute approximate surface area is 187 Å². The van der Waals surface area contributed by atoms with E-state index in [2.05, 4.69) is 27.7 Å². The van der Waals surface area contributed by atoms with Gasteiger partial charge in [0.05, 0.1) is 25.0 Å². The monoisotopic (exact) mass is 438 g/mol. The Morgan fingerprint density at radius 3 is 1.48 bits per heavy atom. The zero-order valence-electron chi connectivity index (χ0n) is 19.7. The van der Waals surface area contributed by atoms with Gasteiger partial charge < -0.3 is 19.7 Å². The molecule has 4 rings (SSSR count). The van der Waals surface area contributed by atoms with E-state index in [1.165, 1.54) is 12.8 Å². The van der Waals surface area contributed by atoms with Crippen molar-refractivity contribution in [3.63, 3.8) is 0 Å². The zero-order chi connectivity index (χ0) is 22.7. The van der Waals surface area contributed by atoms with Gasteiger partial charge >= 0.3 is 11.9 Å². The Balaban J connectivity index is 0.000000176. The SMILES string of the molecule is CC1C2CC(C(=O)OCCCO)C(C2)C1C.CC1C2CC(C(=O)OCCO)C(C2)C1C. The lowest BCUT2D eigenvalue weighted by Crippen LogP contribution is -2.31. The van der Waals surface area contributed by atoms with Crippen LogP contribution in [0.15, 0.2) is 0 Å². The molecule has 6 heteroatoms. The highest BCUT2D eigenvalue weighted by Crippen LogP contribution is 2.56. The number of carbonyl (C=O) groups is 2. The molecule has 0 saturated heterocycles. The highest BCUT2D eigenvalue weighted by molar-refractivity contribution is 5.74. The van der Waals surface area contributed by atoms with Gasteiger partial charge in [0.15, 0.2) is 0 Å². The fraction of sp³-hybridized carbons (Fsp3) is 0.920. The van der Waals surface area contributed by atoms with Crippen molar-refractivity contribution in [3.05, 3.63) is 0 Å². The summed E-state index contributed by atoms with van der Waals surface area (Å²) in [5.74, 6) is 5.48. The molecule has 10 atom stereocenters. The topological polar surface area (TPSA) is 93.1 Å². The first-order valence-corrected chi connectivity index (χ1v) is 12.3. The van der Waals surface area contributed by atoms with Gasteiger partial charge in [0.25, 0.3) is 0 Å². The summed E-state index contributed by atoms with van der Waals surface area (Å²) < 4.78 is 10.2. The Morgan fingerprint density at radius 1 is 0.677 bits per heavy atom. The minimum atomic E-state index is -0.0877. The van der Waals surface area contributed by atoms with E-state index in [0.29, 0.717) is 36.7 Å². The van der Waals surface area contributed by atoms with Gasteiger partial charge in [0.1, 0.15) is 6.61 Å². The van der Waals surface area contributed by atoms with Crippen molar-refractivity contribution in [1.82, 2.24) is 0 Å². The summed E-state index contributed by atoms with van der Waals surface area (Å²) in [7, 11) is 0. The van der Waals surface area contributed by atoms with Gasteiger partial charge in [-0.1, -0.05) is 27.7 Å². The van der Waals surface area contributed by atoms with Crippen molar-refractivity contribution in [2.24, 2.45) is 59.2 Å². The van der Waals surface area contributed by atoms with Gasteiger partial charge in [-0.25, -0.2) is 0 Å². The molecule has 0 spiro atoms. The van der Waals surface area contributed by atoms with Gasteiger partial charge in [-0.15, -0.1) is 0 Å². The molecule has 0 heterocycles. The van der Waals surface area contributed by atoms with Gasteiger partial charge in [-0.2, -0.15) is 0 Å². The number of aliphatic hydroxyl groups is 2. The van der Waals surface area contributed by atoms with Crippen LogP contribution in [0.1, 0.15) is 59.8 Å². The summed E-state index contributed by atoms with van der Waals surface area (Å²) in [4.78, 5) is 23.6. The van der Waals surface area contributed by atoms with Crippen molar-refractivity contribution >= 4 is 11.9 Å². The number of rotatable bonds is 7. The first-order chi connectivity index (χ1) is 14.8. The third-order valence-electron chi connectivity index (χ3n) is 9.28. The molecule has 4 fully saturated rings. The number of fused-ring (bicyclic) bond motifs is 4. The fourth-order valence-electron chi connectivity index (χ4n) is 7.02. The molecule has 10 unspecified atom stereocenters. The van der Waals surface area contributed by atoms with E-state index < -0.39 is 0 Å². The molecule has 0 amide bonds. The van der Waals surface area contributed by atoms with E-state index in [1.807, 2.05) is 0 Å². The highest BCUT2D eigenvalue weighted by Gasteiger charge is 2.52. The molecule has 4 aliphatic carbocycles. The van der Waals surface area contributed by atoms with Crippen molar-refractivity contribution in [3.8, 4) is 0 Å². The van der Waals surface area contributed by atoms with Crippen LogP contribution >= 0.6 is 0 Å². The largest absolute Gasteiger partial charge is 0.465 e. The smallest absolute Gasteiger partial charge is 0.309 e. The third kappa shape index (κ3) is 5.11. The van der Waals surface area contributed by atoms with Gasteiger partial charge in [0, 0.05) is 13.0 Å². The minimum Gasteiger partial charge on any atom is -0.465 e. The molecule has 0 aromatic heterocycles. The Morgan fingerprint density at radius 2 is 1.13 bits per heavy atom. The van der Waals surface area contributed by atoms with Crippen LogP contribution in [0.25, 0.3) is 0 Å². The van der Waals surface area contributed by atoms with E-state index in [9.17, 15) is 9.59 Å². The molecule has 6 nitrogen and oxygen atoms in total. The summed E-state index contributed by atoms with van der Waals surface area (Å²) in [5, 5.41) is 17.2. The summed E-state index contributed by atoms with van der Waals surface area (Å²) in [5.41, 5.74) is 0. The van der Waals surface area contributed by atoms with Gasteiger partial charge in [0.2, 0.25) is 0 Å². The van der Waals surface area contributed by atoms with E-state index in [1.54, 1.807) is 0 Å². The van der Waals surface area contributed by atoms with Crippen LogP contribution in [0.2, 0.25) is 0 Å². The highest BCUT2D eigenvalue weighted by atomic mass is 16.5. The average Bonchev–Trinajstić information content (AvgIpc) is 3.51. The normalized spacial score (nSPS) is 42.3. The quantitative estimate of drug-likeness (QED) is 0.468. The minimum absolute atomic E-state index is 0.0281. The number of carbonyl (C=O) groups excluding carboxylic acids is 2. The molecule has 4 saturated carbocycles. The van der Waals surface area contributed by atoms with Crippen LogP contribution < -0.4 is 0 Å². The number of esters is 2. The van der Waals surface area contributed by atoms with E-state index >= 15 is 0 Å². The number of hydrogen-bond donors (Lipinski definition) is 2. The average molecular weight is 439 g/mol. The molecule has 4 bridgehead atoms. The fourth-order valence-corrected chi connectivity index (χ4v) is 7.02. The third-order valence-corrected chi connectivity index (χ3v) is 9.28. The van der Waals surface area contributed by atoms with Crippen LogP contribution in [0.4, 0.5) is 0 Å². The van der Waals surface area contributed by atoms with Crippen molar-refractivity contribution in [1.29, 1.82) is 0 Å². The molecule has 31 heavy (non-hydrogen) atoms. The van der Waals surface area contributed by atoms with Gasteiger partial charge in [-0.3, -0.25) is 9.59 Å². The maximum atomic E-state index is 11.9. The number of aliphatic hydroxyl groups excluding tert-OH is 2. The Bertz CT molecular complexity index is 617. The predicted molar refractivity (Wildman–Crippen MR) is 117 cm³/mol. The summed E-state index contributed by atoms with van der Waals surface area (Å²) in [6, 6.07) is 0. The summed E-state index contributed by atoms with van der Waals surface area (Å²) in [6.07, 6.45) is 4.98. The molecule has 0 aliphatic heterocycles. The molecule has 0 radical (unpaired) electrons. The molecule has 2 N–H and O–H groups in total. The Hall–Kier alpha value is -1.14. The first kappa shape index (κ1) is 24.5. The lowest BCUT2D eigenvalue weighted by Gasteiger charge is -2.30. The molecule has 0 aromatic rings. The standard InChI is InChI=1S/C13H22O3.C12H20O3/c1-8-9(2)11-6-10(8)7-12(11)13(15)16-5-3-4-14;1-7-8(2)10-5-9(7)6-11(10)12(14)15-4-3-13/h8-12,14H,3-7H2,1-2H3;7-11,13H,3-6H2,1-2H3. The number of ether oxygens (including phenoxy) is 2. The maximum Gasteiger partial charge on any atom is 0.309 e.